The van der Waals surface area contributed by atoms with Crippen LogP contribution in [-0.4, -0.2) is 19.4 Å². The predicted octanol–water partition coefficient (Wildman–Crippen LogP) is 5.17. The van der Waals surface area contributed by atoms with E-state index in [1.54, 1.807) is 0 Å². The van der Waals surface area contributed by atoms with Crippen molar-refractivity contribution in [1.29, 1.82) is 0 Å². The Labute approximate surface area is 119 Å². The van der Waals surface area contributed by atoms with Gasteiger partial charge in [0.15, 0.2) is 8.38 Å². The molecule has 0 saturated heterocycles. The van der Waals surface area contributed by atoms with Gasteiger partial charge in [0, 0.05) is 6.16 Å². The SMILES string of the molecule is CCCOP(CCCCc1ccccc1)OCCC. The molecule has 108 valence electrons. The van der Waals surface area contributed by atoms with Gasteiger partial charge in [-0.2, -0.15) is 0 Å². The standard InChI is InChI=1S/C16H27O2P/c1-3-13-17-19(18-14-4-2)15-9-8-12-16-10-6-5-7-11-16/h5-7,10-11H,3-4,8-9,12-15H2,1-2H3. The number of benzene rings is 1. The Kier molecular flexibility index (Phi) is 9.98. The third-order valence-corrected chi connectivity index (χ3v) is 4.40. The van der Waals surface area contributed by atoms with E-state index in [-0.39, 0.29) is 0 Å². The van der Waals surface area contributed by atoms with E-state index in [1.165, 1.54) is 18.4 Å². The van der Waals surface area contributed by atoms with E-state index in [1.807, 2.05) is 0 Å². The normalized spacial score (nSPS) is 11.1. The summed E-state index contributed by atoms with van der Waals surface area (Å²) >= 11 is 0. The van der Waals surface area contributed by atoms with E-state index in [9.17, 15) is 0 Å². The molecule has 0 unspecified atom stereocenters. The van der Waals surface area contributed by atoms with Crippen molar-refractivity contribution < 1.29 is 9.05 Å². The maximum absolute atomic E-state index is 5.79. The first-order valence-electron chi connectivity index (χ1n) is 7.44. The Morgan fingerprint density at radius 2 is 1.53 bits per heavy atom. The molecule has 0 radical (unpaired) electrons. The molecule has 0 aliphatic rings. The number of aryl methyl sites for hydroxylation is 1. The predicted molar refractivity (Wildman–Crippen MR) is 83.7 cm³/mol. The molecular weight excluding hydrogens is 255 g/mol. The highest BCUT2D eigenvalue weighted by molar-refractivity contribution is 7.47. The van der Waals surface area contributed by atoms with Gasteiger partial charge in [-0.25, -0.2) is 0 Å². The first-order chi connectivity index (χ1) is 9.36. The zero-order valence-corrected chi connectivity index (χ0v) is 13.2. The van der Waals surface area contributed by atoms with Crippen LogP contribution in [0.5, 0.6) is 0 Å². The van der Waals surface area contributed by atoms with Crippen LogP contribution in [0.1, 0.15) is 45.1 Å². The van der Waals surface area contributed by atoms with Crippen LogP contribution in [0.3, 0.4) is 0 Å². The molecule has 0 saturated carbocycles. The Balaban J connectivity index is 2.16. The molecule has 3 heteroatoms. The summed E-state index contributed by atoms with van der Waals surface area (Å²) < 4.78 is 11.6. The number of hydrogen-bond acceptors (Lipinski definition) is 2. The van der Waals surface area contributed by atoms with E-state index < -0.39 is 8.38 Å². The van der Waals surface area contributed by atoms with E-state index in [0.717, 1.165) is 38.6 Å². The van der Waals surface area contributed by atoms with Crippen molar-refractivity contribution in [2.75, 3.05) is 19.4 Å². The average Bonchev–Trinajstić information content (AvgIpc) is 2.46. The minimum atomic E-state index is -0.653. The lowest BCUT2D eigenvalue weighted by Crippen LogP contribution is -1.98. The second kappa shape index (κ2) is 11.4. The Morgan fingerprint density at radius 1 is 0.895 bits per heavy atom. The minimum Gasteiger partial charge on any atom is -0.334 e. The molecule has 0 aromatic heterocycles. The molecule has 19 heavy (non-hydrogen) atoms. The topological polar surface area (TPSA) is 18.5 Å². The van der Waals surface area contributed by atoms with Crippen LogP contribution in [0.2, 0.25) is 0 Å². The van der Waals surface area contributed by atoms with Gasteiger partial charge in [0.2, 0.25) is 0 Å². The van der Waals surface area contributed by atoms with Gasteiger partial charge < -0.3 is 9.05 Å². The summed E-state index contributed by atoms with van der Waals surface area (Å²) in [6.45, 7) is 5.94. The van der Waals surface area contributed by atoms with Crippen LogP contribution in [0, 0.1) is 0 Å². The van der Waals surface area contributed by atoms with Gasteiger partial charge in [0.05, 0.1) is 13.2 Å². The summed E-state index contributed by atoms with van der Waals surface area (Å²) in [6, 6.07) is 10.7. The Morgan fingerprint density at radius 3 is 2.11 bits per heavy atom. The van der Waals surface area contributed by atoms with Crippen molar-refractivity contribution in [3.8, 4) is 0 Å². The van der Waals surface area contributed by atoms with Crippen LogP contribution >= 0.6 is 8.38 Å². The van der Waals surface area contributed by atoms with Crippen molar-refractivity contribution in [3.63, 3.8) is 0 Å². The molecule has 0 heterocycles. The molecule has 0 bridgehead atoms. The fraction of sp³-hybridized carbons (Fsp3) is 0.625. The first kappa shape index (κ1) is 16.6. The zero-order valence-electron chi connectivity index (χ0n) is 12.3. The summed E-state index contributed by atoms with van der Waals surface area (Å²) in [5.74, 6) is 0. The molecule has 1 rings (SSSR count). The van der Waals surface area contributed by atoms with Gasteiger partial charge in [0.1, 0.15) is 0 Å². The minimum absolute atomic E-state index is 0.653. The van der Waals surface area contributed by atoms with Crippen molar-refractivity contribution in [1.82, 2.24) is 0 Å². The molecule has 1 aromatic carbocycles. The monoisotopic (exact) mass is 282 g/mol. The van der Waals surface area contributed by atoms with Crippen molar-refractivity contribution in [2.24, 2.45) is 0 Å². The highest BCUT2D eigenvalue weighted by Gasteiger charge is 2.09. The molecular formula is C16H27O2P. The summed E-state index contributed by atoms with van der Waals surface area (Å²) in [5, 5.41) is 0. The van der Waals surface area contributed by atoms with Gasteiger partial charge in [-0.3, -0.25) is 0 Å². The van der Waals surface area contributed by atoms with Crippen LogP contribution < -0.4 is 0 Å². The Hall–Kier alpha value is -0.430. The lowest BCUT2D eigenvalue weighted by Gasteiger charge is -2.16. The molecule has 0 spiro atoms. The van der Waals surface area contributed by atoms with E-state index >= 15 is 0 Å². The van der Waals surface area contributed by atoms with Crippen molar-refractivity contribution in [3.05, 3.63) is 35.9 Å². The van der Waals surface area contributed by atoms with Gasteiger partial charge in [0.25, 0.3) is 0 Å². The first-order valence-corrected chi connectivity index (χ1v) is 8.80. The molecule has 0 aliphatic carbocycles. The summed E-state index contributed by atoms with van der Waals surface area (Å²) in [4.78, 5) is 0. The van der Waals surface area contributed by atoms with Crippen LogP contribution in [0.15, 0.2) is 30.3 Å². The molecule has 0 amide bonds. The second-order valence-electron chi connectivity index (χ2n) is 4.67. The van der Waals surface area contributed by atoms with E-state index in [4.69, 9.17) is 9.05 Å². The van der Waals surface area contributed by atoms with E-state index in [0.29, 0.717) is 0 Å². The maximum Gasteiger partial charge on any atom is 0.170 e. The highest BCUT2D eigenvalue weighted by Crippen LogP contribution is 2.39. The molecule has 0 fully saturated rings. The zero-order chi connectivity index (χ0) is 13.8. The van der Waals surface area contributed by atoms with Gasteiger partial charge >= 0.3 is 0 Å². The smallest absolute Gasteiger partial charge is 0.170 e. The molecule has 2 nitrogen and oxygen atoms in total. The number of rotatable bonds is 11. The van der Waals surface area contributed by atoms with Crippen molar-refractivity contribution >= 4 is 8.38 Å². The summed E-state index contributed by atoms with van der Waals surface area (Å²) in [7, 11) is -0.653. The molecule has 1 aromatic rings. The third-order valence-electron chi connectivity index (χ3n) is 2.78. The third kappa shape index (κ3) is 8.36. The van der Waals surface area contributed by atoms with Crippen molar-refractivity contribution in [2.45, 2.75) is 46.0 Å². The lowest BCUT2D eigenvalue weighted by atomic mass is 10.1. The maximum atomic E-state index is 5.79. The van der Waals surface area contributed by atoms with Gasteiger partial charge in [-0.15, -0.1) is 0 Å². The Bertz CT molecular complexity index is 295. The summed E-state index contributed by atoms with van der Waals surface area (Å²) in [5.41, 5.74) is 1.43. The van der Waals surface area contributed by atoms with E-state index in [2.05, 4.69) is 44.2 Å². The second-order valence-corrected chi connectivity index (χ2v) is 6.29. The van der Waals surface area contributed by atoms with Crippen LogP contribution in [0.4, 0.5) is 0 Å². The summed E-state index contributed by atoms with van der Waals surface area (Å²) in [6.07, 6.45) is 6.77. The molecule has 0 N–H and O–H groups in total. The average molecular weight is 282 g/mol. The largest absolute Gasteiger partial charge is 0.334 e. The highest BCUT2D eigenvalue weighted by atomic mass is 31.2. The number of hydrogen-bond donors (Lipinski definition) is 0. The number of unbranched alkanes of at least 4 members (excludes halogenated alkanes) is 1. The van der Waals surface area contributed by atoms with Gasteiger partial charge in [-0.05, 0) is 37.7 Å². The molecule has 0 aliphatic heterocycles. The van der Waals surface area contributed by atoms with Gasteiger partial charge in [-0.1, -0.05) is 44.2 Å². The quantitative estimate of drug-likeness (QED) is 0.411. The van der Waals surface area contributed by atoms with Crippen LogP contribution in [-0.2, 0) is 15.5 Å². The van der Waals surface area contributed by atoms with Crippen LogP contribution in [0.25, 0.3) is 0 Å². The molecule has 0 atom stereocenters. The lowest BCUT2D eigenvalue weighted by molar-refractivity contribution is 0.249. The fourth-order valence-electron chi connectivity index (χ4n) is 1.77. The fourth-order valence-corrected chi connectivity index (χ4v) is 3.35.